The summed E-state index contributed by atoms with van der Waals surface area (Å²) in [6.45, 7) is 3.28. The van der Waals surface area contributed by atoms with Crippen molar-refractivity contribution in [1.29, 1.82) is 0 Å². The highest BCUT2D eigenvalue weighted by atomic mass is 19.2. The summed E-state index contributed by atoms with van der Waals surface area (Å²) in [7, 11) is 1.48. The van der Waals surface area contributed by atoms with Crippen molar-refractivity contribution < 1.29 is 18.4 Å². The van der Waals surface area contributed by atoms with Crippen LogP contribution in [-0.4, -0.2) is 25.4 Å². The summed E-state index contributed by atoms with van der Waals surface area (Å²) in [5, 5.41) is 4.88. The molecule has 0 unspecified atom stereocenters. The van der Waals surface area contributed by atoms with Crippen LogP contribution < -0.4 is 10.6 Å². The largest absolute Gasteiger partial charge is 0.359 e. The topological polar surface area (TPSA) is 58.2 Å². The van der Waals surface area contributed by atoms with Crippen LogP contribution in [0.4, 0.5) is 8.78 Å². The second-order valence-corrected chi connectivity index (χ2v) is 4.75. The standard InChI is InChI=1S/C13H16F2N2O2/c1-13(2,12(19)16-3)7-17-11(18)8-5-4-6-9(14)10(8)15/h4-6H,7H2,1-3H3,(H,16,19)(H,17,18). The minimum atomic E-state index is -1.20. The Kier molecular flexibility index (Phi) is 4.58. The monoisotopic (exact) mass is 270 g/mol. The number of carbonyl (C=O) groups is 2. The van der Waals surface area contributed by atoms with Gasteiger partial charge in [0.1, 0.15) is 0 Å². The fourth-order valence-electron chi connectivity index (χ4n) is 1.49. The summed E-state index contributed by atoms with van der Waals surface area (Å²) in [4.78, 5) is 23.2. The van der Waals surface area contributed by atoms with Crippen LogP contribution in [0.25, 0.3) is 0 Å². The van der Waals surface area contributed by atoms with Crippen LogP contribution in [0.2, 0.25) is 0 Å². The van der Waals surface area contributed by atoms with Crippen LogP contribution in [0.5, 0.6) is 0 Å². The molecule has 19 heavy (non-hydrogen) atoms. The van der Waals surface area contributed by atoms with E-state index in [9.17, 15) is 18.4 Å². The predicted octanol–water partition coefficient (Wildman–Crippen LogP) is 1.47. The van der Waals surface area contributed by atoms with Crippen LogP contribution in [0.15, 0.2) is 18.2 Å². The van der Waals surface area contributed by atoms with E-state index < -0.39 is 23.0 Å². The third kappa shape index (κ3) is 3.49. The van der Waals surface area contributed by atoms with E-state index in [2.05, 4.69) is 10.6 Å². The molecule has 0 saturated heterocycles. The van der Waals surface area contributed by atoms with Crippen molar-refractivity contribution in [3.05, 3.63) is 35.4 Å². The Morgan fingerprint density at radius 2 is 1.89 bits per heavy atom. The lowest BCUT2D eigenvalue weighted by Gasteiger charge is -2.22. The molecule has 0 aliphatic heterocycles. The van der Waals surface area contributed by atoms with Gasteiger partial charge in [0.05, 0.1) is 11.0 Å². The smallest absolute Gasteiger partial charge is 0.254 e. The molecular weight excluding hydrogens is 254 g/mol. The summed E-state index contributed by atoms with van der Waals surface area (Å²) in [6.07, 6.45) is 0. The van der Waals surface area contributed by atoms with Crippen LogP contribution >= 0.6 is 0 Å². The fourth-order valence-corrected chi connectivity index (χ4v) is 1.49. The van der Waals surface area contributed by atoms with Crippen LogP contribution in [-0.2, 0) is 4.79 Å². The molecule has 0 aliphatic rings. The van der Waals surface area contributed by atoms with E-state index in [0.717, 1.165) is 6.07 Å². The van der Waals surface area contributed by atoms with Crippen molar-refractivity contribution in [2.75, 3.05) is 13.6 Å². The Morgan fingerprint density at radius 1 is 1.26 bits per heavy atom. The van der Waals surface area contributed by atoms with Gasteiger partial charge in [-0.05, 0) is 26.0 Å². The maximum atomic E-state index is 13.4. The quantitative estimate of drug-likeness (QED) is 0.870. The first kappa shape index (κ1) is 15.1. The zero-order valence-electron chi connectivity index (χ0n) is 11.0. The maximum Gasteiger partial charge on any atom is 0.254 e. The van der Waals surface area contributed by atoms with Crippen LogP contribution in [0.3, 0.4) is 0 Å². The van der Waals surface area contributed by atoms with E-state index in [1.807, 2.05) is 0 Å². The second-order valence-electron chi connectivity index (χ2n) is 4.75. The number of carbonyl (C=O) groups excluding carboxylic acids is 2. The normalized spacial score (nSPS) is 11.0. The van der Waals surface area contributed by atoms with Gasteiger partial charge >= 0.3 is 0 Å². The number of rotatable bonds is 4. The molecule has 6 heteroatoms. The summed E-state index contributed by atoms with van der Waals surface area (Å²) in [5.41, 5.74) is -1.22. The van der Waals surface area contributed by atoms with E-state index >= 15 is 0 Å². The lowest BCUT2D eigenvalue weighted by atomic mass is 9.92. The molecule has 2 N–H and O–H groups in total. The summed E-state index contributed by atoms with van der Waals surface area (Å²) < 4.78 is 26.4. The van der Waals surface area contributed by atoms with E-state index in [-0.39, 0.29) is 18.0 Å². The van der Waals surface area contributed by atoms with Crippen LogP contribution in [0, 0.1) is 17.0 Å². The third-order valence-corrected chi connectivity index (χ3v) is 2.73. The van der Waals surface area contributed by atoms with Crippen molar-refractivity contribution in [3.63, 3.8) is 0 Å². The molecule has 0 bridgehead atoms. The van der Waals surface area contributed by atoms with Gasteiger partial charge in [0.25, 0.3) is 5.91 Å². The van der Waals surface area contributed by atoms with Gasteiger partial charge in [-0.2, -0.15) is 0 Å². The number of halogens is 2. The molecular formula is C13H16F2N2O2. The lowest BCUT2D eigenvalue weighted by molar-refractivity contribution is -0.128. The molecule has 0 atom stereocenters. The van der Waals surface area contributed by atoms with Gasteiger partial charge in [-0.15, -0.1) is 0 Å². The van der Waals surface area contributed by atoms with Gasteiger partial charge in [-0.3, -0.25) is 9.59 Å². The Hall–Kier alpha value is -1.98. The van der Waals surface area contributed by atoms with E-state index in [4.69, 9.17) is 0 Å². The summed E-state index contributed by atoms with van der Waals surface area (Å²) in [6, 6.07) is 3.36. The third-order valence-electron chi connectivity index (χ3n) is 2.73. The van der Waals surface area contributed by atoms with Crippen molar-refractivity contribution >= 4 is 11.8 Å². The average molecular weight is 270 g/mol. The van der Waals surface area contributed by atoms with Gasteiger partial charge < -0.3 is 10.6 Å². The highest BCUT2D eigenvalue weighted by molar-refractivity contribution is 5.95. The van der Waals surface area contributed by atoms with Gasteiger partial charge in [0.2, 0.25) is 5.91 Å². The first-order chi connectivity index (χ1) is 8.79. The molecule has 4 nitrogen and oxygen atoms in total. The highest BCUT2D eigenvalue weighted by Gasteiger charge is 2.27. The van der Waals surface area contributed by atoms with E-state index in [0.29, 0.717) is 0 Å². The first-order valence-electron chi connectivity index (χ1n) is 5.74. The van der Waals surface area contributed by atoms with Gasteiger partial charge in [-0.1, -0.05) is 6.07 Å². The minimum absolute atomic E-state index is 0.0153. The second kappa shape index (κ2) is 5.77. The molecule has 0 aliphatic carbocycles. The Bertz CT molecular complexity index is 501. The molecule has 0 aromatic heterocycles. The van der Waals surface area contributed by atoms with Crippen molar-refractivity contribution in [1.82, 2.24) is 10.6 Å². The highest BCUT2D eigenvalue weighted by Crippen LogP contribution is 2.15. The molecule has 0 radical (unpaired) electrons. The molecule has 0 spiro atoms. The average Bonchev–Trinajstić information content (AvgIpc) is 2.38. The molecule has 0 saturated carbocycles. The SMILES string of the molecule is CNC(=O)C(C)(C)CNC(=O)c1cccc(F)c1F. The van der Waals surface area contributed by atoms with Gasteiger partial charge in [0.15, 0.2) is 11.6 Å². The summed E-state index contributed by atoms with van der Waals surface area (Å²) >= 11 is 0. The maximum absolute atomic E-state index is 13.4. The van der Waals surface area contributed by atoms with E-state index in [1.165, 1.54) is 19.2 Å². The molecule has 1 rings (SSSR count). The molecule has 2 amide bonds. The lowest BCUT2D eigenvalue weighted by Crippen LogP contribution is -2.43. The van der Waals surface area contributed by atoms with Crippen molar-refractivity contribution in [3.8, 4) is 0 Å². The number of hydrogen-bond donors (Lipinski definition) is 2. The van der Waals surface area contributed by atoms with Crippen molar-refractivity contribution in [2.24, 2.45) is 5.41 Å². The molecule has 0 heterocycles. The van der Waals surface area contributed by atoms with Gasteiger partial charge in [-0.25, -0.2) is 8.78 Å². The van der Waals surface area contributed by atoms with Crippen LogP contribution in [0.1, 0.15) is 24.2 Å². The van der Waals surface area contributed by atoms with E-state index in [1.54, 1.807) is 13.8 Å². The number of benzene rings is 1. The number of amides is 2. The number of hydrogen-bond acceptors (Lipinski definition) is 2. The number of nitrogens with one attached hydrogen (secondary N) is 2. The van der Waals surface area contributed by atoms with Crippen molar-refractivity contribution in [2.45, 2.75) is 13.8 Å². The minimum Gasteiger partial charge on any atom is -0.359 e. The molecule has 1 aromatic carbocycles. The zero-order chi connectivity index (χ0) is 14.6. The first-order valence-corrected chi connectivity index (χ1v) is 5.74. The molecule has 0 fully saturated rings. The molecule has 1 aromatic rings. The Labute approximate surface area is 110 Å². The fraction of sp³-hybridized carbons (Fsp3) is 0.385. The molecule has 104 valence electrons. The Balaban J connectivity index is 2.76. The van der Waals surface area contributed by atoms with Gasteiger partial charge in [0, 0.05) is 13.6 Å². The Morgan fingerprint density at radius 3 is 2.47 bits per heavy atom. The predicted molar refractivity (Wildman–Crippen MR) is 66.5 cm³/mol. The zero-order valence-corrected chi connectivity index (χ0v) is 11.0. The summed E-state index contributed by atoms with van der Waals surface area (Å²) in [5.74, 6) is -3.29.